The van der Waals surface area contributed by atoms with Gasteiger partial charge in [0.05, 0.1) is 17.9 Å². The molecule has 1 aliphatic heterocycles. The summed E-state index contributed by atoms with van der Waals surface area (Å²) >= 11 is 0. The zero-order valence-electron chi connectivity index (χ0n) is 15.8. The van der Waals surface area contributed by atoms with Gasteiger partial charge in [-0.3, -0.25) is 0 Å². The summed E-state index contributed by atoms with van der Waals surface area (Å²) in [5, 5.41) is 13.8. The molecule has 0 saturated carbocycles. The lowest BCUT2D eigenvalue weighted by molar-refractivity contribution is 0.559. The van der Waals surface area contributed by atoms with E-state index in [0.29, 0.717) is 47.1 Å². The molecule has 0 amide bonds. The van der Waals surface area contributed by atoms with Crippen molar-refractivity contribution in [3.05, 3.63) is 77.6 Å². The Morgan fingerprint density at radius 1 is 1.10 bits per heavy atom. The summed E-state index contributed by atoms with van der Waals surface area (Å²) in [5.74, 6) is -0.235. The normalized spacial score (nSPS) is 16.2. The number of anilines is 1. The highest BCUT2D eigenvalue weighted by Crippen LogP contribution is 2.36. The van der Waals surface area contributed by atoms with Crippen molar-refractivity contribution >= 4 is 11.5 Å². The lowest BCUT2D eigenvalue weighted by Crippen LogP contribution is -2.25. The van der Waals surface area contributed by atoms with E-state index in [-0.39, 0.29) is 6.04 Å². The maximum atomic E-state index is 14.4. The van der Waals surface area contributed by atoms with Crippen LogP contribution in [0.3, 0.4) is 0 Å². The van der Waals surface area contributed by atoms with Gasteiger partial charge in [-0.05, 0) is 55.3 Å². The van der Waals surface area contributed by atoms with E-state index in [4.69, 9.17) is 10.4 Å². The SMILES string of the molecule is N#Cc1cccc(-c2cnc3ccc(N4CCC[C@@H]4c4cc(F)ccc4F)nn23)n1. The van der Waals surface area contributed by atoms with Crippen molar-refractivity contribution in [1.29, 1.82) is 5.26 Å². The molecule has 3 aromatic heterocycles. The topological polar surface area (TPSA) is 70.1 Å². The number of hydrogen-bond donors (Lipinski definition) is 0. The number of benzene rings is 1. The highest BCUT2D eigenvalue weighted by molar-refractivity contribution is 5.61. The molecule has 30 heavy (non-hydrogen) atoms. The summed E-state index contributed by atoms with van der Waals surface area (Å²) < 4.78 is 29.8. The van der Waals surface area contributed by atoms with E-state index in [1.54, 1.807) is 28.9 Å². The minimum absolute atomic E-state index is 0.294. The number of rotatable bonds is 3. The molecule has 8 heteroatoms. The predicted octanol–water partition coefficient (Wildman–Crippen LogP) is 4.28. The third kappa shape index (κ3) is 3.05. The lowest BCUT2D eigenvalue weighted by atomic mass is 10.0. The van der Waals surface area contributed by atoms with Crippen LogP contribution in [0.15, 0.2) is 54.7 Å². The first-order chi connectivity index (χ1) is 14.6. The molecule has 1 aromatic carbocycles. The molecule has 1 atom stereocenters. The zero-order valence-corrected chi connectivity index (χ0v) is 15.8. The first kappa shape index (κ1) is 18.2. The van der Waals surface area contributed by atoms with Gasteiger partial charge >= 0.3 is 0 Å². The van der Waals surface area contributed by atoms with Gasteiger partial charge in [0, 0.05) is 12.1 Å². The van der Waals surface area contributed by atoms with Gasteiger partial charge in [-0.25, -0.2) is 23.3 Å². The van der Waals surface area contributed by atoms with Crippen LogP contribution in [0.1, 0.15) is 30.1 Å². The van der Waals surface area contributed by atoms with Crippen molar-refractivity contribution in [3.8, 4) is 17.5 Å². The number of halogens is 2. The maximum Gasteiger partial charge on any atom is 0.154 e. The van der Waals surface area contributed by atoms with E-state index in [0.717, 1.165) is 12.5 Å². The van der Waals surface area contributed by atoms with Gasteiger partial charge in [-0.15, -0.1) is 5.10 Å². The fourth-order valence-corrected chi connectivity index (χ4v) is 3.97. The van der Waals surface area contributed by atoms with E-state index in [2.05, 4.69) is 9.97 Å². The molecule has 0 spiro atoms. The van der Waals surface area contributed by atoms with E-state index in [9.17, 15) is 8.78 Å². The minimum Gasteiger partial charge on any atom is -0.348 e. The Hall–Kier alpha value is -3.86. The number of hydrogen-bond acceptors (Lipinski definition) is 5. The summed E-state index contributed by atoms with van der Waals surface area (Å²) in [4.78, 5) is 10.7. The number of fused-ring (bicyclic) bond motifs is 1. The highest BCUT2D eigenvalue weighted by atomic mass is 19.1. The quantitative estimate of drug-likeness (QED) is 0.512. The van der Waals surface area contributed by atoms with Gasteiger partial charge < -0.3 is 4.90 Å². The summed E-state index contributed by atoms with van der Waals surface area (Å²) in [6.45, 7) is 0.686. The summed E-state index contributed by atoms with van der Waals surface area (Å²) in [6, 6.07) is 14.1. The fourth-order valence-electron chi connectivity index (χ4n) is 3.97. The summed E-state index contributed by atoms with van der Waals surface area (Å²) in [6.07, 6.45) is 3.22. The first-order valence-corrected chi connectivity index (χ1v) is 9.58. The lowest BCUT2D eigenvalue weighted by Gasteiger charge is -2.26. The van der Waals surface area contributed by atoms with Crippen molar-refractivity contribution in [2.45, 2.75) is 18.9 Å². The molecular weight excluding hydrogens is 386 g/mol. The van der Waals surface area contributed by atoms with Crippen LogP contribution < -0.4 is 4.90 Å². The fraction of sp³-hybridized carbons (Fsp3) is 0.182. The predicted molar refractivity (Wildman–Crippen MR) is 107 cm³/mol. The van der Waals surface area contributed by atoms with Crippen LogP contribution in [0.25, 0.3) is 17.0 Å². The van der Waals surface area contributed by atoms with Gasteiger partial charge in [0.2, 0.25) is 0 Å². The van der Waals surface area contributed by atoms with Crippen LogP contribution in [-0.2, 0) is 0 Å². The number of pyridine rings is 1. The van der Waals surface area contributed by atoms with Gasteiger partial charge in [0.15, 0.2) is 5.65 Å². The van der Waals surface area contributed by atoms with Gasteiger partial charge in [-0.2, -0.15) is 5.26 Å². The van der Waals surface area contributed by atoms with Gasteiger partial charge in [0.25, 0.3) is 0 Å². The monoisotopic (exact) mass is 402 g/mol. The van der Waals surface area contributed by atoms with E-state index in [1.165, 1.54) is 12.1 Å². The van der Waals surface area contributed by atoms with Crippen LogP contribution in [-0.4, -0.2) is 26.1 Å². The Labute approximate surface area is 171 Å². The Bertz CT molecular complexity index is 1290. The van der Waals surface area contributed by atoms with E-state index >= 15 is 0 Å². The van der Waals surface area contributed by atoms with Crippen LogP contribution in [0.4, 0.5) is 14.6 Å². The second-order valence-electron chi connectivity index (χ2n) is 7.14. The minimum atomic E-state index is -0.456. The van der Waals surface area contributed by atoms with Crippen molar-refractivity contribution in [1.82, 2.24) is 19.6 Å². The molecule has 4 aromatic rings. The van der Waals surface area contributed by atoms with Crippen LogP contribution in [0.5, 0.6) is 0 Å². The molecule has 1 saturated heterocycles. The standard InChI is InChI=1S/C22H16F2N6/c23-14-6-7-17(24)16(11-14)19-5-2-10-29(19)22-9-8-21-26-13-20(30(21)28-22)18-4-1-3-15(12-25)27-18/h1,3-4,6-9,11,13,19H,2,5,10H2/t19-/m1/s1. The van der Waals surface area contributed by atoms with Crippen LogP contribution >= 0.6 is 0 Å². The van der Waals surface area contributed by atoms with Crippen LogP contribution in [0.2, 0.25) is 0 Å². The Morgan fingerprint density at radius 2 is 2.00 bits per heavy atom. The molecule has 148 valence electrons. The molecule has 5 rings (SSSR count). The molecule has 0 N–H and O–H groups in total. The highest BCUT2D eigenvalue weighted by Gasteiger charge is 2.30. The molecule has 1 aliphatic rings. The molecule has 4 heterocycles. The van der Waals surface area contributed by atoms with Gasteiger partial charge in [0.1, 0.15) is 34.9 Å². The van der Waals surface area contributed by atoms with Crippen molar-refractivity contribution in [2.24, 2.45) is 0 Å². The van der Waals surface area contributed by atoms with E-state index in [1.807, 2.05) is 23.1 Å². The average molecular weight is 402 g/mol. The second-order valence-corrected chi connectivity index (χ2v) is 7.14. The average Bonchev–Trinajstić information content (AvgIpc) is 3.42. The molecule has 1 fully saturated rings. The number of nitriles is 1. The van der Waals surface area contributed by atoms with Gasteiger partial charge in [-0.1, -0.05) is 6.07 Å². The van der Waals surface area contributed by atoms with Crippen molar-refractivity contribution < 1.29 is 8.78 Å². The molecule has 0 bridgehead atoms. The third-order valence-electron chi connectivity index (χ3n) is 5.34. The van der Waals surface area contributed by atoms with Crippen LogP contribution in [0, 0.1) is 23.0 Å². The summed E-state index contributed by atoms with van der Waals surface area (Å²) in [7, 11) is 0. The smallest absolute Gasteiger partial charge is 0.154 e. The van der Waals surface area contributed by atoms with Crippen molar-refractivity contribution in [2.75, 3.05) is 11.4 Å². The zero-order chi connectivity index (χ0) is 20.7. The molecular formula is C22H16F2N6. The third-order valence-corrected chi connectivity index (χ3v) is 5.34. The molecule has 6 nitrogen and oxygen atoms in total. The maximum absolute atomic E-state index is 14.4. The molecule has 0 radical (unpaired) electrons. The number of aromatic nitrogens is 4. The van der Waals surface area contributed by atoms with Crippen molar-refractivity contribution in [3.63, 3.8) is 0 Å². The first-order valence-electron chi connectivity index (χ1n) is 9.58. The van der Waals surface area contributed by atoms with E-state index < -0.39 is 11.6 Å². The molecule has 0 unspecified atom stereocenters. The number of nitrogens with zero attached hydrogens (tertiary/aromatic N) is 6. The summed E-state index contributed by atoms with van der Waals surface area (Å²) in [5.41, 5.74) is 2.51. The Kier molecular flexibility index (Phi) is 4.36. The largest absolute Gasteiger partial charge is 0.348 e. The second kappa shape index (κ2) is 7.19. The Balaban J connectivity index is 1.58. The Morgan fingerprint density at radius 3 is 2.87 bits per heavy atom. The molecule has 0 aliphatic carbocycles. The number of imidazole rings is 1.